The van der Waals surface area contributed by atoms with Crippen molar-refractivity contribution in [3.63, 3.8) is 0 Å². The van der Waals surface area contributed by atoms with Crippen LogP contribution in [0.3, 0.4) is 0 Å². The smallest absolute Gasteiger partial charge is 0.261 e. The summed E-state index contributed by atoms with van der Waals surface area (Å²) in [5, 5.41) is 2.40. The Morgan fingerprint density at radius 2 is 2.21 bits per heavy atom. The van der Waals surface area contributed by atoms with E-state index < -0.39 is 9.05 Å². The first kappa shape index (κ1) is 11.0. The van der Waals surface area contributed by atoms with Crippen molar-refractivity contribution in [1.82, 2.24) is 0 Å². The van der Waals surface area contributed by atoms with Crippen molar-refractivity contribution in [3.05, 3.63) is 24.3 Å². The maximum absolute atomic E-state index is 10.9. The highest BCUT2D eigenvalue weighted by atomic mass is 35.7. The average Bonchev–Trinajstić information content (AvgIpc) is 2.01. The minimum Gasteiger partial charge on any atom is -0.326 e. The Hall–Kier alpha value is -1.07. The second-order valence-electron chi connectivity index (χ2n) is 2.56. The Balaban J connectivity index is 3.08. The van der Waals surface area contributed by atoms with Crippen LogP contribution in [-0.2, 0) is 13.8 Å². The van der Waals surface area contributed by atoms with Crippen molar-refractivity contribution >= 4 is 31.3 Å². The number of rotatable bonds is 2. The van der Waals surface area contributed by atoms with Gasteiger partial charge in [-0.1, -0.05) is 6.07 Å². The first-order valence-corrected chi connectivity index (χ1v) is 5.94. The van der Waals surface area contributed by atoms with Crippen molar-refractivity contribution in [3.8, 4) is 0 Å². The van der Waals surface area contributed by atoms with Gasteiger partial charge in [0.15, 0.2) is 0 Å². The second-order valence-corrected chi connectivity index (χ2v) is 5.12. The summed E-state index contributed by atoms with van der Waals surface area (Å²) in [6.07, 6.45) is 0. The van der Waals surface area contributed by atoms with Crippen LogP contribution in [-0.4, -0.2) is 14.3 Å². The van der Waals surface area contributed by atoms with Crippen LogP contribution in [0.1, 0.15) is 6.92 Å². The number of hydrogen-bond donors (Lipinski definition) is 1. The minimum absolute atomic E-state index is 0.0679. The molecule has 0 heterocycles. The van der Waals surface area contributed by atoms with Crippen molar-refractivity contribution < 1.29 is 13.2 Å². The molecule has 0 saturated heterocycles. The van der Waals surface area contributed by atoms with Crippen molar-refractivity contribution in [1.29, 1.82) is 0 Å². The summed E-state index contributed by atoms with van der Waals surface area (Å²) in [5.74, 6) is -0.301. The van der Waals surface area contributed by atoms with Crippen LogP contribution in [0.4, 0.5) is 5.69 Å². The molecule has 1 radical (unpaired) electrons. The van der Waals surface area contributed by atoms with Gasteiger partial charge in [0.05, 0.1) is 4.90 Å². The van der Waals surface area contributed by atoms with Crippen LogP contribution in [0.2, 0.25) is 0 Å². The quantitative estimate of drug-likeness (QED) is 0.784. The molecule has 0 bridgehead atoms. The van der Waals surface area contributed by atoms with Crippen LogP contribution in [0.5, 0.6) is 0 Å². The first-order valence-electron chi connectivity index (χ1n) is 3.63. The van der Waals surface area contributed by atoms with Crippen LogP contribution in [0, 0.1) is 6.07 Å². The molecule has 0 spiro atoms. The van der Waals surface area contributed by atoms with Crippen LogP contribution in [0.25, 0.3) is 0 Å². The lowest BCUT2D eigenvalue weighted by Crippen LogP contribution is -2.06. The van der Waals surface area contributed by atoms with E-state index in [1.165, 1.54) is 25.1 Å². The molecule has 0 aromatic heterocycles. The second kappa shape index (κ2) is 3.98. The summed E-state index contributed by atoms with van der Waals surface area (Å²) in [4.78, 5) is 10.6. The predicted octanol–water partition coefficient (Wildman–Crippen LogP) is 1.37. The molecule has 1 aromatic carbocycles. The van der Waals surface area contributed by atoms with E-state index in [1.54, 1.807) is 0 Å². The van der Waals surface area contributed by atoms with E-state index >= 15 is 0 Å². The number of benzene rings is 1. The topological polar surface area (TPSA) is 63.2 Å². The number of nitrogens with one attached hydrogen (secondary N) is 1. The lowest BCUT2D eigenvalue weighted by molar-refractivity contribution is -0.114. The average molecular weight is 233 g/mol. The Bertz CT molecular complexity index is 455. The van der Waals surface area contributed by atoms with E-state index in [1.807, 2.05) is 0 Å². The summed E-state index contributed by atoms with van der Waals surface area (Å²) >= 11 is 0. The maximum Gasteiger partial charge on any atom is 0.261 e. The fourth-order valence-corrected chi connectivity index (χ4v) is 1.64. The van der Waals surface area contributed by atoms with Crippen LogP contribution >= 0.6 is 10.7 Å². The summed E-state index contributed by atoms with van der Waals surface area (Å²) in [5.41, 5.74) is 0.277. The van der Waals surface area contributed by atoms with Gasteiger partial charge >= 0.3 is 0 Å². The number of hydrogen-bond acceptors (Lipinski definition) is 3. The highest BCUT2D eigenvalue weighted by Crippen LogP contribution is 2.18. The third-order valence-electron chi connectivity index (χ3n) is 1.37. The Labute approximate surface area is 86.3 Å². The fourth-order valence-electron chi connectivity index (χ4n) is 0.859. The normalized spacial score (nSPS) is 11.0. The molecule has 1 aromatic rings. The molecular formula is C8H7ClNO3S. The van der Waals surface area contributed by atoms with E-state index in [-0.39, 0.29) is 16.5 Å². The van der Waals surface area contributed by atoms with E-state index in [0.29, 0.717) is 0 Å². The molecule has 14 heavy (non-hydrogen) atoms. The third kappa shape index (κ3) is 3.01. The molecule has 1 rings (SSSR count). The molecule has 0 aliphatic carbocycles. The Kier molecular flexibility index (Phi) is 3.13. The molecular weight excluding hydrogens is 226 g/mol. The van der Waals surface area contributed by atoms with Gasteiger partial charge < -0.3 is 5.32 Å². The molecule has 0 atom stereocenters. The molecule has 4 nitrogen and oxygen atoms in total. The maximum atomic E-state index is 10.9. The molecule has 1 amide bonds. The standard InChI is InChI=1S/C8H7ClNO3S/c1-6(11)10-7-3-2-4-8(5-7)14(9,12)13/h2,4-5H,1H3,(H,10,11). The van der Waals surface area contributed by atoms with E-state index in [9.17, 15) is 13.2 Å². The lowest BCUT2D eigenvalue weighted by Gasteiger charge is -2.02. The zero-order valence-electron chi connectivity index (χ0n) is 7.24. The SMILES string of the molecule is CC(=O)Nc1[c]ccc(S(=O)(=O)Cl)c1. The van der Waals surface area contributed by atoms with Crippen LogP contribution in [0.15, 0.2) is 23.1 Å². The third-order valence-corrected chi connectivity index (χ3v) is 2.72. The molecule has 0 fully saturated rings. The van der Waals surface area contributed by atoms with Gasteiger partial charge in [-0.05, 0) is 12.1 Å². The summed E-state index contributed by atoms with van der Waals surface area (Å²) in [6.45, 7) is 1.32. The van der Waals surface area contributed by atoms with Crippen molar-refractivity contribution in [2.45, 2.75) is 11.8 Å². The minimum atomic E-state index is -3.76. The largest absolute Gasteiger partial charge is 0.326 e. The Morgan fingerprint density at radius 3 is 2.71 bits per heavy atom. The van der Waals surface area contributed by atoms with E-state index in [0.717, 1.165) is 0 Å². The number of amides is 1. The zero-order valence-corrected chi connectivity index (χ0v) is 8.82. The van der Waals surface area contributed by atoms with Gasteiger partial charge in [0.1, 0.15) is 0 Å². The molecule has 0 aliphatic heterocycles. The molecule has 0 saturated carbocycles. The van der Waals surface area contributed by atoms with Crippen molar-refractivity contribution in [2.75, 3.05) is 5.32 Å². The lowest BCUT2D eigenvalue weighted by atomic mass is 10.3. The fraction of sp³-hybridized carbons (Fsp3) is 0.125. The van der Waals surface area contributed by atoms with Gasteiger partial charge in [-0.25, -0.2) is 8.42 Å². The Morgan fingerprint density at radius 1 is 1.57 bits per heavy atom. The van der Waals surface area contributed by atoms with Gasteiger partial charge in [-0.15, -0.1) is 0 Å². The van der Waals surface area contributed by atoms with Gasteiger partial charge in [0.2, 0.25) is 5.91 Å². The molecule has 0 unspecified atom stereocenters. The van der Waals surface area contributed by atoms with E-state index in [2.05, 4.69) is 11.4 Å². The molecule has 1 N–H and O–H groups in total. The number of halogens is 1. The van der Waals surface area contributed by atoms with Gasteiger partial charge in [0, 0.05) is 29.4 Å². The summed E-state index contributed by atoms with van der Waals surface area (Å²) in [6, 6.07) is 6.57. The highest BCUT2D eigenvalue weighted by Gasteiger charge is 2.10. The number of carbonyl (C=O) groups excluding carboxylic acids is 1. The van der Waals surface area contributed by atoms with Gasteiger partial charge in [-0.3, -0.25) is 4.79 Å². The summed E-state index contributed by atoms with van der Waals surface area (Å²) in [7, 11) is 1.35. The summed E-state index contributed by atoms with van der Waals surface area (Å²) < 4.78 is 21.8. The first-order chi connectivity index (χ1) is 6.39. The number of anilines is 1. The molecule has 0 aliphatic rings. The zero-order chi connectivity index (χ0) is 10.8. The van der Waals surface area contributed by atoms with Crippen LogP contribution < -0.4 is 5.32 Å². The highest BCUT2D eigenvalue weighted by molar-refractivity contribution is 8.13. The van der Waals surface area contributed by atoms with Crippen molar-refractivity contribution in [2.24, 2.45) is 0 Å². The van der Waals surface area contributed by atoms with Gasteiger partial charge in [-0.2, -0.15) is 0 Å². The monoisotopic (exact) mass is 232 g/mol. The molecule has 6 heteroatoms. The molecule has 75 valence electrons. The predicted molar refractivity (Wildman–Crippen MR) is 52.6 cm³/mol. The number of carbonyl (C=O) groups is 1. The van der Waals surface area contributed by atoms with E-state index in [4.69, 9.17) is 10.7 Å². The van der Waals surface area contributed by atoms with Gasteiger partial charge in [0.25, 0.3) is 9.05 Å².